The van der Waals surface area contributed by atoms with E-state index in [0.29, 0.717) is 12.8 Å². The number of carboxylic acids is 1. The van der Waals surface area contributed by atoms with Gasteiger partial charge in [0, 0.05) is 6.42 Å². The molecule has 0 spiro atoms. The molecular weight excluding hydrogens is 304 g/mol. The lowest BCUT2D eigenvalue weighted by molar-refractivity contribution is -0.137. The van der Waals surface area contributed by atoms with Crippen LogP contribution in [-0.4, -0.2) is 33.5 Å². The minimum atomic E-state index is -0.843. The van der Waals surface area contributed by atoms with E-state index in [1.807, 2.05) is 6.08 Å². The van der Waals surface area contributed by atoms with E-state index in [-0.39, 0.29) is 6.42 Å². The molecule has 0 aromatic heterocycles. The lowest BCUT2D eigenvalue weighted by Crippen LogP contribution is -2.03. The molecule has 0 aromatic rings. The first kappa shape index (κ1) is 22.4. The summed E-state index contributed by atoms with van der Waals surface area (Å²) in [5.41, 5.74) is 0. The van der Waals surface area contributed by atoms with Crippen molar-refractivity contribution in [1.29, 1.82) is 0 Å². The fourth-order valence-corrected chi connectivity index (χ4v) is 2.05. The van der Waals surface area contributed by atoms with E-state index >= 15 is 0 Å². The van der Waals surface area contributed by atoms with Crippen LogP contribution in [0.2, 0.25) is 0 Å². The standard InChI is InChI=1S/C20H32O4/c1-2-3-4-5-6-9-13-18(21)14-10-7-8-11-15-19(22)16-12-17-20(23)24/h7-11,13-15,18-19,21-22H,2-6,12,16-17H2,1H3,(H,23,24)/b8-7+,13-9+,14-10+,15-11-. The predicted octanol–water partition coefficient (Wildman–Crippen LogP) is 4.16. The van der Waals surface area contributed by atoms with Crippen LogP contribution in [0.5, 0.6) is 0 Å². The molecule has 0 rings (SSSR count). The van der Waals surface area contributed by atoms with E-state index in [1.165, 1.54) is 25.7 Å². The summed E-state index contributed by atoms with van der Waals surface area (Å²) in [7, 11) is 0. The number of rotatable bonds is 14. The Labute approximate surface area is 145 Å². The highest BCUT2D eigenvalue weighted by atomic mass is 16.4. The van der Waals surface area contributed by atoms with Gasteiger partial charge >= 0.3 is 5.97 Å². The summed E-state index contributed by atoms with van der Waals surface area (Å²) < 4.78 is 0. The molecule has 0 aliphatic heterocycles. The first-order valence-corrected chi connectivity index (χ1v) is 8.82. The molecule has 2 atom stereocenters. The number of hydrogen-bond donors (Lipinski definition) is 3. The third-order valence-electron chi connectivity index (χ3n) is 3.42. The van der Waals surface area contributed by atoms with Crippen LogP contribution in [0.1, 0.15) is 58.3 Å². The smallest absolute Gasteiger partial charge is 0.303 e. The third kappa shape index (κ3) is 16.7. The molecule has 0 fully saturated rings. The fraction of sp³-hybridized carbons (Fsp3) is 0.550. The van der Waals surface area contributed by atoms with Crippen molar-refractivity contribution in [2.45, 2.75) is 70.5 Å². The average Bonchev–Trinajstić information content (AvgIpc) is 2.53. The minimum absolute atomic E-state index is 0.0769. The van der Waals surface area contributed by atoms with Crippen molar-refractivity contribution in [3.8, 4) is 0 Å². The Balaban J connectivity index is 3.83. The van der Waals surface area contributed by atoms with E-state index in [9.17, 15) is 15.0 Å². The molecule has 0 amide bonds. The Kier molecular flexibility index (Phi) is 15.1. The highest BCUT2D eigenvalue weighted by Crippen LogP contribution is 2.04. The molecule has 0 saturated heterocycles. The monoisotopic (exact) mass is 336 g/mol. The summed E-state index contributed by atoms with van der Waals surface area (Å²) in [6.07, 6.45) is 19.8. The minimum Gasteiger partial charge on any atom is -0.481 e. The van der Waals surface area contributed by atoms with Crippen LogP contribution in [-0.2, 0) is 4.79 Å². The summed E-state index contributed by atoms with van der Waals surface area (Å²) in [6, 6.07) is 0. The molecule has 3 N–H and O–H groups in total. The Bertz CT molecular complexity index is 421. The van der Waals surface area contributed by atoms with Gasteiger partial charge in [0.25, 0.3) is 0 Å². The van der Waals surface area contributed by atoms with Crippen molar-refractivity contribution in [1.82, 2.24) is 0 Å². The Hall–Kier alpha value is -1.65. The molecule has 0 saturated carbocycles. The molecule has 0 bridgehead atoms. The molecule has 0 aromatic carbocycles. The van der Waals surface area contributed by atoms with Crippen molar-refractivity contribution in [3.63, 3.8) is 0 Å². The predicted molar refractivity (Wildman–Crippen MR) is 98.8 cm³/mol. The maximum absolute atomic E-state index is 10.3. The van der Waals surface area contributed by atoms with Gasteiger partial charge in [0.05, 0.1) is 12.2 Å². The van der Waals surface area contributed by atoms with E-state index in [4.69, 9.17) is 5.11 Å². The zero-order valence-electron chi connectivity index (χ0n) is 14.7. The number of hydrogen-bond acceptors (Lipinski definition) is 3. The Morgan fingerprint density at radius 3 is 2.29 bits per heavy atom. The topological polar surface area (TPSA) is 77.8 Å². The van der Waals surface area contributed by atoms with Gasteiger partial charge in [0.1, 0.15) is 0 Å². The SMILES string of the molecule is CCCCCC/C=C/C(O)/C=C/C=C/C=C\C(O)CCCC(=O)O. The summed E-state index contributed by atoms with van der Waals surface area (Å²) in [5.74, 6) is -0.843. The van der Waals surface area contributed by atoms with E-state index in [2.05, 4.69) is 6.92 Å². The number of aliphatic hydroxyl groups excluding tert-OH is 2. The summed E-state index contributed by atoms with van der Waals surface area (Å²) >= 11 is 0. The van der Waals surface area contributed by atoms with E-state index in [1.54, 1.807) is 42.5 Å². The van der Waals surface area contributed by atoms with Crippen molar-refractivity contribution in [2.24, 2.45) is 0 Å². The summed E-state index contributed by atoms with van der Waals surface area (Å²) in [5, 5.41) is 27.8. The molecule has 0 aliphatic rings. The second kappa shape index (κ2) is 16.2. The van der Waals surface area contributed by atoms with Crippen molar-refractivity contribution < 1.29 is 20.1 Å². The number of carboxylic acid groups (broad SMARTS) is 1. The first-order chi connectivity index (χ1) is 11.6. The van der Waals surface area contributed by atoms with Crippen molar-refractivity contribution in [2.75, 3.05) is 0 Å². The molecule has 4 heteroatoms. The van der Waals surface area contributed by atoms with Crippen LogP contribution in [0.25, 0.3) is 0 Å². The number of allylic oxidation sites excluding steroid dienone is 5. The van der Waals surface area contributed by atoms with Crippen LogP contribution >= 0.6 is 0 Å². The lowest BCUT2D eigenvalue weighted by Gasteiger charge is -2.02. The zero-order chi connectivity index (χ0) is 18.0. The second-order valence-electron chi connectivity index (χ2n) is 5.78. The van der Waals surface area contributed by atoms with Gasteiger partial charge in [-0.1, -0.05) is 74.8 Å². The van der Waals surface area contributed by atoms with Crippen LogP contribution in [0, 0.1) is 0 Å². The fourth-order valence-electron chi connectivity index (χ4n) is 2.05. The normalized spacial score (nSPS) is 15.1. The maximum Gasteiger partial charge on any atom is 0.303 e. The second-order valence-corrected chi connectivity index (χ2v) is 5.78. The van der Waals surface area contributed by atoms with Gasteiger partial charge in [-0.15, -0.1) is 0 Å². The molecule has 24 heavy (non-hydrogen) atoms. The van der Waals surface area contributed by atoms with Crippen molar-refractivity contribution in [3.05, 3.63) is 48.6 Å². The van der Waals surface area contributed by atoms with Crippen LogP contribution in [0.3, 0.4) is 0 Å². The van der Waals surface area contributed by atoms with Gasteiger partial charge in [-0.3, -0.25) is 4.79 Å². The summed E-state index contributed by atoms with van der Waals surface area (Å²) in [4.78, 5) is 10.3. The van der Waals surface area contributed by atoms with Crippen LogP contribution in [0.4, 0.5) is 0 Å². The summed E-state index contributed by atoms with van der Waals surface area (Å²) in [6.45, 7) is 2.19. The quantitative estimate of drug-likeness (QED) is 0.253. The Morgan fingerprint density at radius 1 is 0.917 bits per heavy atom. The zero-order valence-corrected chi connectivity index (χ0v) is 14.7. The maximum atomic E-state index is 10.3. The van der Waals surface area contributed by atoms with Gasteiger partial charge in [0.2, 0.25) is 0 Å². The molecule has 4 nitrogen and oxygen atoms in total. The number of aliphatic hydroxyl groups is 2. The van der Waals surface area contributed by atoms with Gasteiger partial charge < -0.3 is 15.3 Å². The van der Waals surface area contributed by atoms with Gasteiger partial charge in [-0.2, -0.15) is 0 Å². The Morgan fingerprint density at radius 2 is 1.62 bits per heavy atom. The molecule has 0 radical (unpaired) electrons. The van der Waals surface area contributed by atoms with E-state index in [0.717, 1.165) is 6.42 Å². The third-order valence-corrected chi connectivity index (χ3v) is 3.42. The molecule has 0 aliphatic carbocycles. The van der Waals surface area contributed by atoms with Crippen LogP contribution in [0.15, 0.2) is 48.6 Å². The molecule has 0 heterocycles. The number of carbonyl (C=O) groups is 1. The largest absolute Gasteiger partial charge is 0.481 e. The van der Waals surface area contributed by atoms with Crippen LogP contribution < -0.4 is 0 Å². The lowest BCUT2D eigenvalue weighted by atomic mass is 10.1. The van der Waals surface area contributed by atoms with Gasteiger partial charge in [-0.25, -0.2) is 0 Å². The van der Waals surface area contributed by atoms with Gasteiger partial charge in [-0.05, 0) is 25.7 Å². The van der Waals surface area contributed by atoms with Gasteiger partial charge in [0.15, 0.2) is 0 Å². The van der Waals surface area contributed by atoms with Crippen molar-refractivity contribution >= 4 is 5.97 Å². The molecule has 136 valence electrons. The highest BCUT2D eigenvalue weighted by Gasteiger charge is 2.01. The molecule has 2 unspecified atom stereocenters. The molecular formula is C20H32O4. The number of unbranched alkanes of at least 4 members (excludes halogenated alkanes) is 4. The highest BCUT2D eigenvalue weighted by molar-refractivity contribution is 5.66. The first-order valence-electron chi connectivity index (χ1n) is 8.82. The number of aliphatic carboxylic acids is 1. The van der Waals surface area contributed by atoms with E-state index < -0.39 is 18.2 Å². The average molecular weight is 336 g/mol.